The average Bonchev–Trinajstić information content (AvgIpc) is 3.08. The van der Waals surface area contributed by atoms with Gasteiger partial charge < -0.3 is 10.5 Å². The number of nitrogens with one attached hydrogen (secondary N) is 1. The zero-order chi connectivity index (χ0) is 19.6. The Kier molecular flexibility index (Phi) is 5.29. The molecule has 0 fully saturated rings. The Morgan fingerprint density at radius 1 is 1.33 bits per heavy atom. The van der Waals surface area contributed by atoms with Gasteiger partial charge in [-0.1, -0.05) is 0 Å². The number of methoxy groups -OCH3 is 1. The zero-order valence-corrected chi connectivity index (χ0v) is 15.6. The fourth-order valence-electron chi connectivity index (χ4n) is 3.02. The summed E-state index contributed by atoms with van der Waals surface area (Å²) in [6.45, 7) is 0.0795. The quantitative estimate of drug-likeness (QED) is 0.671. The van der Waals surface area contributed by atoms with Gasteiger partial charge in [-0.05, 0) is 43.0 Å². The molecule has 0 saturated heterocycles. The number of nitrogens with two attached hydrogens (primary N) is 1. The molecule has 0 saturated carbocycles. The summed E-state index contributed by atoms with van der Waals surface area (Å²) in [7, 11) is -2.54. The van der Waals surface area contributed by atoms with Crippen LogP contribution in [0.4, 0.5) is 0 Å². The maximum absolute atomic E-state index is 12.5. The summed E-state index contributed by atoms with van der Waals surface area (Å²) >= 11 is 0. The summed E-state index contributed by atoms with van der Waals surface area (Å²) in [6, 6.07) is 5.39. The number of rotatable bonds is 7. The van der Waals surface area contributed by atoms with E-state index in [1.807, 2.05) is 0 Å². The molecular formula is C17H20N4O5S. The third kappa shape index (κ3) is 4.01. The van der Waals surface area contributed by atoms with Crippen molar-refractivity contribution in [3.05, 3.63) is 51.4 Å². The summed E-state index contributed by atoms with van der Waals surface area (Å²) in [6.07, 6.45) is 2.64. The number of amides is 1. The molecular weight excluding hydrogens is 372 g/mol. The van der Waals surface area contributed by atoms with Crippen molar-refractivity contribution in [2.45, 2.75) is 30.7 Å². The Labute approximate surface area is 156 Å². The van der Waals surface area contributed by atoms with Gasteiger partial charge in [0.15, 0.2) is 0 Å². The monoisotopic (exact) mass is 392 g/mol. The molecule has 0 aliphatic heterocycles. The third-order valence-corrected chi connectivity index (χ3v) is 5.84. The van der Waals surface area contributed by atoms with E-state index in [1.165, 1.54) is 23.9 Å². The number of sulfonamides is 1. The van der Waals surface area contributed by atoms with E-state index in [0.717, 1.165) is 36.6 Å². The standard InChI is InChI=1S/C17H20N4O5S/c1-26-15-6-5-12(10-13(15)17(18)23)27(24,25)19-7-8-21-16(22)9-11-3-2-4-14(11)20-21/h5-6,9-10,19H,2-4,7-8H2,1H3,(H2,18,23). The average molecular weight is 392 g/mol. The highest BCUT2D eigenvalue weighted by atomic mass is 32.2. The first-order valence-electron chi connectivity index (χ1n) is 8.39. The van der Waals surface area contributed by atoms with Gasteiger partial charge in [0, 0.05) is 12.6 Å². The van der Waals surface area contributed by atoms with Crippen LogP contribution in [0.2, 0.25) is 0 Å². The topological polar surface area (TPSA) is 133 Å². The zero-order valence-electron chi connectivity index (χ0n) is 14.8. The van der Waals surface area contributed by atoms with Gasteiger partial charge in [-0.2, -0.15) is 5.10 Å². The number of carbonyl (C=O) groups is 1. The smallest absolute Gasteiger partial charge is 0.267 e. The molecule has 1 aliphatic carbocycles. The molecule has 0 radical (unpaired) electrons. The summed E-state index contributed by atoms with van der Waals surface area (Å²) < 4.78 is 33.6. The van der Waals surface area contributed by atoms with Crippen molar-refractivity contribution >= 4 is 15.9 Å². The molecule has 2 aromatic rings. The number of carbonyl (C=O) groups excluding carboxylic acids is 1. The molecule has 0 atom stereocenters. The summed E-state index contributed by atoms with van der Waals surface area (Å²) in [5.74, 6) is -0.604. The first-order chi connectivity index (χ1) is 12.8. The van der Waals surface area contributed by atoms with E-state index in [-0.39, 0.29) is 34.9 Å². The molecule has 1 aliphatic rings. The minimum Gasteiger partial charge on any atom is -0.496 e. The van der Waals surface area contributed by atoms with Crippen molar-refractivity contribution in [3.63, 3.8) is 0 Å². The van der Waals surface area contributed by atoms with Crippen LogP contribution in [0, 0.1) is 0 Å². The number of aromatic nitrogens is 2. The van der Waals surface area contributed by atoms with Gasteiger partial charge in [-0.15, -0.1) is 0 Å². The fourth-order valence-corrected chi connectivity index (χ4v) is 4.06. The van der Waals surface area contributed by atoms with Gasteiger partial charge in [-0.3, -0.25) is 9.59 Å². The van der Waals surface area contributed by atoms with Crippen LogP contribution in [-0.2, 0) is 29.4 Å². The number of hydrogen-bond donors (Lipinski definition) is 2. The molecule has 1 aromatic carbocycles. The van der Waals surface area contributed by atoms with Crippen molar-refractivity contribution in [2.24, 2.45) is 5.73 Å². The number of fused-ring (bicyclic) bond motifs is 1. The Morgan fingerprint density at radius 3 is 2.81 bits per heavy atom. The molecule has 10 heteroatoms. The highest BCUT2D eigenvalue weighted by molar-refractivity contribution is 7.89. The van der Waals surface area contributed by atoms with Crippen LogP contribution >= 0.6 is 0 Å². The minimum absolute atomic E-state index is 0.0219. The van der Waals surface area contributed by atoms with Gasteiger partial charge >= 0.3 is 0 Å². The van der Waals surface area contributed by atoms with Crippen LogP contribution in [0.5, 0.6) is 5.75 Å². The lowest BCUT2D eigenvalue weighted by Gasteiger charge is -2.11. The number of primary amides is 1. The lowest BCUT2D eigenvalue weighted by Crippen LogP contribution is -2.32. The van der Waals surface area contributed by atoms with Gasteiger partial charge in [0.2, 0.25) is 10.0 Å². The summed E-state index contributed by atoms with van der Waals surface area (Å²) in [5.41, 5.74) is 6.83. The van der Waals surface area contributed by atoms with Crippen LogP contribution in [0.15, 0.2) is 34.0 Å². The highest BCUT2D eigenvalue weighted by Gasteiger charge is 2.19. The normalized spacial score (nSPS) is 13.4. The number of ether oxygens (including phenoxy) is 1. The minimum atomic E-state index is -3.89. The Hall–Kier alpha value is -2.72. The molecule has 0 bridgehead atoms. The molecule has 1 aromatic heterocycles. The van der Waals surface area contributed by atoms with Gasteiger partial charge in [0.25, 0.3) is 11.5 Å². The number of aryl methyl sites for hydroxylation is 2. The van der Waals surface area contributed by atoms with Crippen molar-refractivity contribution < 1.29 is 17.9 Å². The van der Waals surface area contributed by atoms with Crippen LogP contribution in [-0.4, -0.2) is 37.8 Å². The molecule has 3 N–H and O–H groups in total. The second-order valence-corrected chi connectivity index (χ2v) is 7.92. The Morgan fingerprint density at radius 2 is 2.11 bits per heavy atom. The van der Waals surface area contributed by atoms with E-state index in [4.69, 9.17) is 10.5 Å². The van der Waals surface area contributed by atoms with E-state index in [1.54, 1.807) is 6.07 Å². The second-order valence-electron chi connectivity index (χ2n) is 6.16. The van der Waals surface area contributed by atoms with Crippen molar-refractivity contribution in [2.75, 3.05) is 13.7 Å². The van der Waals surface area contributed by atoms with E-state index >= 15 is 0 Å². The molecule has 9 nitrogen and oxygen atoms in total. The highest BCUT2D eigenvalue weighted by Crippen LogP contribution is 2.22. The maximum atomic E-state index is 12.5. The van der Waals surface area contributed by atoms with Gasteiger partial charge in [-0.25, -0.2) is 17.8 Å². The molecule has 0 spiro atoms. The van der Waals surface area contributed by atoms with Gasteiger partial charge in [0.1, 0.15) is 5.75 Å². The molecule has 27 heavy (non-hydrogen) atoms. The van der Waals surface area contributed by atoms with Crippen molar-refractivity contribution in [1.29, 1.82) is 0 Å². The molecule has 3 rings (SSSR count). The lowest BCUT2D eigenvalue weighted by atomic mass is 10.2. The van der Waals surface area contributed by atoms with E-state index in [9.17, 15) is 18.0 Å². The SMILES string of the molecule is COc1ccc(S(=O)(=O)NCCn2nc3c(cc2=O)CCC3)cc1C(N)=O. The van der Waals surface area contributed by atoms with Crippen LogP contribution < -0.4 is 20.8 Å². The number of hydrogen-bond acceptors (Lipinski definition) is 6. The molecule has 144 valence electrons. The summed E-state index contributed by atoms with van der Waals surface area (Å²) in [4.78, 5) is 23.4. The summed E-state index contributed by atoms with van der Waals surface area (Å²) in [5, 5.41) is 4.30. The number of benzene rings is 1. The fraction of sp³-hybridized carbons (Fsp3) is 0.353. The van der Waals surface area contributed by atoms with Crippen molar-refractivity contribution in [3.8, 4) is 5.75 Å². The predicted molar refractivity (Wildman–Crippen MR) is 97.2 cm³/mol. The molecule has 1 heterocycles. The van der Waals surface area contributed by atoms with Crippen molar-refractivity contribution in [1.82, 2.24) is 14.5 Å². The third-order valence-electron chi connectivity index (χ3n) is 4.39. The Bertz CT molecular complexity index is 1050. The van der Waals surface area contributed by atoms with E-state index < -0.39 is 15.9 Å². The van der Waals surface area contributed by atoms with Crippen LogP contribution in [0.25, 0.3) is 0 Å². The van der Waals surface area contributed by atoms with Gasteiger partial charge in [0.05, 0.1) is 29.8 Å². The first-order valence-corrected chi connectivity index (χ1v) is 9.87. The van der Waals surface area contributed by atoms with Crippen LogP contribution in [0.3, 0.4) is 0 Å². The lowest BCUT2D eigenvalue weighted by molar-refractivity contribution is 0.0997. The molecule has 1 amide bonds. The largest absolute Gasteiger partial charge is 0.496 e. The van der Waals surface area contributed by atoms with Crippen LogP contribution in [0.1, 0.15) is 28.0 Å². The van der Waals surface area contributed by atoms with E-state index in [2.05, 4.69) is 9.82 Å². The first kappa shape index (κ1) is 19.1. The molecule has 0 unspecified atom stereocenters. The second kappa shape index (κ2) is 7.49. The Balaban J connectivity index is 1.73. The predicted octanol–water partition coefficient (Wildman–Crippen LogP) is -0.182. The van der Waals surface area contributed by atoms with E-state index in [0.29, 0.717) is 0 Å². The maximum Gasteiger partial charge on any atom is 0.267 e. The number of nitrogens with zero attached hydrogens (tertiary/aromatic N) is 2.